The van der Waals surface area contributed by atoms with Gasteiger partial charge in [0.05, 0.1) is 16.8 Å². The fourth-order valence-corrected chi connectivity index (χ4v) is 1.88. The number of aromatic nitrogens is 1. The second kappa shape index (κ2) is 5.05. The molecule has 1 heterocycles. The zero-order valence-electron chi connectivity index (χ0n) is 9.87. The highest BCUT2D eigenvalue weighted by molar-refractivity contribution is 7.09. The highest BCUT2D eigenvalue weighted by Gasteiger charge is 2.24. The van der Waals surface area contributed by atoms with Gasteiger partial charge in [-0.05, 0) is 19.8 Å². The van der Waals surface area contributed by atoms with Crippen LogP contribution >= 0.6 is 11.3 Å². The average Bonchev–Trinajstić information content (AvgIpc) is 2.51. The fraction of sp³-hybridized carbons (Fsp3) is 0.727. The zero-order valence-corrected chi connectivity index (χ0v) is 10.7. The largest absolute Gasteiger partial charge is 0.389 e. The van der Waals surface area contributed by atoms with E-state index in [-0.39, 0.29) is 5.92 Å². The van der Waals surface area contributed by atoms with E-state index in [1.807, 2.05) is 33.2 Å². The minimum absolute atomic E-state index is 0.257. The van der Waals surface area contributed by atoms with E-state index in [0.717, 1.165) is 12.2 Å². The van der Waals surface area contributed by atoms with E-state index in [4.69, 9.17) is 0 Å². The van der Waals surface area contributed by atoms with Crippen LogP contribution in [0.1, 0.15) is 31.3 Å². The molecule has 1 aromatic heterocycles. The summed E-state index contributed by atoms with van der Waals surface area (Å²) in [5.74, 6) is 0.257. The summed E-state index contributed by atoms with van der Waals surface area (Å²) in [6.07, 6.45) is 0. The molecule has 1 rings (SSSR count). The van der Waals surface area contributed by atoms with Crippen molar-refractivity contribution in [1.82, 2.24) is 10.3 Å². The number of aliphatic hydroxyl groups is 1. The van der Waals surface area contributed by atoms with Crippen LogP contribution in [0.2, 0.25) is 0 Å². The van der Waals surface area contributed by atoms with Gasteiger partial charge in [-0.1, -0.05) is 13.8 Å². The number of nitrogens with zero attached hydrogens (tertiary/aromatic N) is 1. The van der Waals surface area contributed by atoms with Crippen molar-refractivity contribution in [2.45, 2.75) is 39.8 Å². The van der Waals surface area contributed by atoms with Gasteiger partial charge in [-0.25, -0.2) is 4.98 Å². The molecular formula is C11H20N2OS. The number of nitrogens with one attached hydrogen (secondary N) is 1. The zero-order chi connectivity index (χ0) is 11.5. The first-order valence-electron chi connectivity index (χ1n) is 5.25. The molecule has 0 bridgehead atoms. The quantitative estimate of drug-likeness (QED) is 0.809. The summed E-state index contributed by atoms with van der Waals surface area (Å²) < 4.78 is 0. The molecule has 0 aliphatic heterocycles. The predicted octanol–water partition coefficient (Wildman–Crippen LogP) is 1.95. The first-order chi connectivity index (χ1) is 6.93. The lowest BCUT2D eigenvalue weighted by Crippen LogP contribution is -2.41. The topological polar surface area (TPSA) is 45.2 Å². The molecule has 0 saturated heterocycles. The minimum atomic E-state index is -0.640. The van der Waals surface area contributed by atoms with Gasteiger partial charge in [-0.3, -0.25) is 0 Å². The van der Waals surface area contributed by atoms with E-state index in [9.17, 15) is 5.11 Å². The van der Waals surface area contributed by atoms with E-state index in [0.29, 0.717) is 6.54 Å². The number of aryl methyl sites for hydroxylation is 1. The van der Waals surface area contributed by atoms with Crippen molar-refractivity contribution >= 4 is 11.3 Å². The van der Waals surface area contributed by atoms with Gasteiger partial charge in [0.2, 0.25) is 0 Å². The van der Waals surface area contributed by atoms with Gasteiger partial charge in [0.25, 0.3) is 0 Å². The Morgan fingerprint density at radius 2 is 2.27 bits per heavy atom. The van der Waals surface area contributed by atoms with Crippen molar-refractivity contribution in [2.24, 2.45) is 5.92 Å². The van der Waals surface area contributed by atoms with Gasteiger partial charge in [-0.2, -0.15) is 0 Å². The molecule has 0 saturated carbocycles. The summed E-state index contributed by atoms with van der Waals surface area (Å²) >= 11 is 1.65. The SMILES string of the molecule is Cc1ncsc1CNCC(C)(O)C(C)C. The van der Waals surface area contributed by atoms with Crippen molar-refractivity contribution in [3.8, 4) is 0 Å². The molecule has 86 valence electrons. The molecule has 1 atom stereocenters. The van der Waals surface area contributed by atoms with E-state index in [1.165, 1.54) is 4.88 Å². The Labute approximate surface area is 95.6 Å². The number of hydrogen-bond donors (Lipinski definition) is 2. The molecule has 1 aromatic rings. The molecule has 0 aliphatic rings. The van der Waals surface area contributed by atoms with Crippen LogP contribution in [-0.4, -0.2) is 22.2 Å². The monoisotopic (exact) mass is 228 g/mol. The van der Waals surface area contributed by atoms with Crippen LogP contribution in [0.5, 0.6) is 0 Å². The van der Waals surface area contributed by atoms with Gasteiger partial charge >= 0.3 is 0 Å². The minimum Gasteiger partial charge on any atom is -0.389 e. The summed E-state index contributed by atoms with van der Waals surface area (Å²) in [5.41, 5.74) is 2.29. The summed E-state index contributed by atoms with van der Waals surface area (Å²) in [7, 11) is 0. The molecule has 0 radical (unpaired) electrons. The number of hydrogen-bond acceptors (Lipinski definition) is 4. The fourth-order valence-electron chi connectivity index (χ4n) is 1.13. The third-order valence-electron chi connectivity index (χ3n) is 2.86. The van der Waals surface area contributed by atoms with Crippen LogP contribution in [0.3, 0.4) is 0 Å². The van der Waals surface area contributed by atoms with Gasteiger partial charge in [0.1, 0.15) is 0 Å². The van der Waals surface area contributed by atoms with Gasteiger partial charge in [0.15, 0.2) is 0 Å². The smallest absolute Gasteiger partial charge is 0.0798 e. The summed E-state index contributed by atoms with van der Waals surface area (Å²) in [4.78, 5) is 5.43. The summed E-state index contributed by atoms with van der Waals surface area (Å²) in [5, 5.41) is 13.3. The Morgan fingerprint density at radius 3 is 2.73 bits per heavy atom. The molecule has 4 heteroatoms. The van der Waals surface area contributed by atoms with Gasteiger partial charge in [0, 0.05) is 18.0 Å². The second-order valence-corrected chi connectivity index (χ2v) is 5.42. The molecule has 0 fully saturated rings. The number of thiazole rings is 1. The average molecular weight is 228 g/mol. The lowest BCUT2D eigenvalue weighted by molar-refractivity contribution is 0.0140. The highest BCUT2D eigenvalue weighted by atomic mass is 32.1. The molecule has 3 nitrogen and oxygen atoms in total. The maximum Gasteiger partial charge on any atom is 0.0798 e. The molecule has 0 spiro atoms. The van der Waals surface area contributed by atoms with Crippen LogP contribution in [0, 0.1) is 12.8 Å². The third kappa shape index (κ3) is 3.55. The Balaban J connectivity index is 2.37. The molecule has 0 amide bonds. The first-order valence-corrected chi connectivity index (χ1v) is 6.13. The first kappa shape index (κ1) is 12.6. The van der Waals surface area contributed by atoms with Crippen LogP contribution in [0.15, 0.2) is 5.51 Å². The Bertz CT molecular complexity index is 307. The lowest BCUT2D eigenvalue weighted by atomic mass is 9.92. The van der Waals surface area contributed by atoms with E-state index in [2.05, 4.69) is 10.3 Å². The summed E-state index contributed by atoms with van der Waals surface area (Å²) in [6, 6.07) is 0. The van der Waals surface area contributed by atoms with Crippen molar-refractivity contribution in [3.05, 3.63) is 16.1 Å². The Hall–Kier alpha value is -0.450. The maximum atomic E-state index is 10.0. The molecule has 0 aliphatic carbocycles. The molecule has 1 unspecified atom stereocenters. The van der Waals surface area contributed by atoms with Gasteiger partial charge < -0.3 is 10.4 Å². The van der Waals surface area contributed by atoms with Crippen molar-refractivity contribution in [1.29, 1.82) is 0 Å². The molecule has 0 aromatic carbocycles. The van der Waals surface area contributed by atoms with Crippen LogP contribution < -0.4 is 5.32 Å². The lowest BCUT2D eigenvalue weighted by Gasteiger charge is -2.27. The van der Waals surface area contributed by atoms with Crippen LogP contribution in [0.25, 0.3) is 0 Å². The predicted molar refractivity (Wildman–Crippen MR) is 64.0 cm³/mol. The highest BCUT2D eigenvalue weighted by Crippen LogP contribution is 2.16. The Kier molecular flexibility index (Phi) is 4.25. The van der Waals surface area contributed by atoms with Crippen molar-refractivity contribution < 1.29 is 5.11 Å². The van der Waals surface area contributed by atoms with E-state index in [1.54, 1.807) is 11.3 Å². The normalized spacial score (nSPS) is 15.6. The van der Waals surface area contributed by atoms with Crippen LogP contribution in [-0.2, 0) is 6.54 Å². The summed E-state index contributed by atoms with van der Waals surface area (Å²) in [6.45, 7) is 9.33. The molecular weight excluding hydrogens is 208 g/mol. The van der Waals surface area contributed by atoms with Crippen LogP contribution in [0.4, 0.5) is 0 Å². The Morgan fingerprint density at radius 1 is 1.60 bits per heavy atom. The van der Waals surface area contributed by atoms with Gasteiger partial charge in [-0.15, -0.1) is 11.3 Å². The molecule has 2 N–H and O–H groups in total. The number of rotatable bonds is 5. The van der Waals surface area contributed by atoms with Crippen molar-refractivity contribution in [2.75, 3.05) is 6.54 Å². The van der Waals surface area contributed by atoms with E-state index >= 15 is 0 Å². The van der Waals surface area contributed by atoms with E-state index < -0.39 is 5.60 Å². The molecule has 15 heavy (non-hydrogen) atoms. The van der Waals surface area contributed by atoms with Crippen molar-refractivity contribution in [3.63, 3.8) is 0 Å². The second-order valence-electron chi connectivity index (χ2n) is 4.48. The third-order valence-corrected chi connectivity index (χ3v) is 3.79. The standard InChI is InChI=1S/C11H20N2OS/c1-8(2)11(4,14)6-12-5-10-9(3)13-7-15-10/h7-8,12,14H,5-6H2,1-4H3. The maximum absolute atomic E-state index is 10.0.